The Hall–Kier alpha value is 1.05. The number of halogens is 1. The van der Waals surface area contributed by atoms with Crippen LogP contribution in [-0.4, -0.2) is 33.9 Å². The third-order valence-electron chi connectivity index (χ3n) is 1.89. The van der Waals surface area contributed by atoms with Crippen molar-refractivity contribution in [3.05, 3.63) is 0 Å². The first kappa shape index (κ1) is 8.15. The Balaban J connectivity index is 2.35. The quantitative estimate of drug-likeness (QED) is 0.501. The fourth-order valence-corrected chi connectivity index (χ4v) is 3.49. The summed E-state index contributed by atoms with van der Waals surface area (Å²) in [6, 6.07) is 0.461. The van der Waals surface area contributed by atoms with Crippen LogP contribution in [0.25, 0.3) is 0 Å². The molecule has 9 heavy (non-hydrogen) atoms. The predicted molar refractivity (Wildman–Crippen MR) is 42.4 cm³/mol. The minimum atomic E-state index is 0.421. The van der Waals surface area contributed by atoms with E-state index in [2.05, 4.69) is 0 Å². The Morgan fingerprint density at radius 1 is 1.44 bits per heavy atom. The first-order valence-corrected chi connectivity index (χ1v) is 5.69. The number of hydrogen-bond acceptors (Lipinski definition) is 1. The van der Waals surface area contributed by atoms with Crippen LogP contribution < -0.4 is 5.73 Å². The molecule has 0 amide bonds. The summed E-state index contributed by atoms with van der Waals surface area (Å²) in [4.78, 5) is 0. The van der Waals surface area contributed by atoms with Gasteiger partial charge in [0.2, 0.25) is 0 Å². The van der Waals surface area contributed by atoms with Crippen molar-refractivity contribution in [3.8, 4) is 0 Å². The van der Waals surface area contributed by atoms with Gasteiger partial charge in [0, 0.05) is 0 Å². The summed E-state index contributed by atoms with van der Waals surface area (Å²) >= 11 is 7.22. The van der Waals surface area contributed by atoms with Gasteiger partial charge in [0.25, 0.3) is 0 Å². The topological polar surface area (TPSA) is 26.0 Å². The molecular formula is C6H12ClNSn. The SMILES string of the molecule is NC1CCC(Cl)C[CH]1[SnH]. The van der Waals surface area contributed by atoms with E-state index < -0.39 is 0 Å². The molecule has 52 valence electrons. The standard InChI is InChI=1S/C6H11ClN.Sn.H/c7-5-1-3-6(8)4-2-5;;/h3,5-6H,1-2,4,8H2;;. The number of hydrogen-bond donors (Lipinski definition) is 1. The normalized spacial score (nSPS) is 45.0. The molecule has 1 aliphatic rings. The van der Waals surface area contributed by atoms with E-state index >= 15 is 0 Å². The van der Waals surface area contributed by atoms with Gasteiger partial charge in [0.1, 0.15) is 0 Å². The monoisotopic (exact) mass is 253 g/mol. The molecule has 1 fully saturated rings. The molecule has 1 rings (SSSR count). The van der Waals surface area contributed by atoms with Crippen LogP contribution in [0.2, 0.25) is 3.93 Å². The third kappa shape index (κ3) is 2.28. The van der Waals surface area contributed by atoms with E-state index in [1.807, 2.05) is 0 Å². The fourth-order valence-electron chi connectivity index (χ4n) is 1.18. The van der Waals surface area contributed by atoms with Gasteiger partial charge in [-0.3, -0.25) is 0 Å². The molecule has 0 aromatic heterocycles. The Labute approximate surface area is 74.4 Å². The van der Waals surface area contributed by atoms with Gasteiger partial charge >= 0.3 is 74.5 Å². The minimum absolute atomic E-state index is 0.421. The van der Waals surface area contributed by atoms with Gasteiger partial charge in [-0.05, 0) is 0 Å². The van der Waals surface area contributed by atoms with Gasteiger partial charge in [-0.15, -0.1) is 0 Å². The van der Waals surface area contributed by atoms with Gasteiger partial charge in [0.15, 0.2) is 0 Å². The van der Waals surface area contributed by atoms with Gasteiger partial charge in [0.05, 0.1) is 0 Å². The molecule has 0 heterocycles. The zero-order chi connectivity index (χ0) is 6.85. The number of alkyl halides is 1. The van der Waals surface area contributed by atoms with Crippen molar-refractivity contribution in [3.63, 3.8) is 0 Å². The zero-order valence-corrected chi connectivity index (χ0v) is 9.44. The predicted octanol–water partition coefficient (Wildman–Crippen LogP) is 0.794. The fraction of sp³-hybridized carbons (Fsp3) is 1.00. The van der Waals surface area contributed by atoms with Crippen LogP contribution in [-0.2, 0) is 0 Å². The van der Waals surface area contributed by atoms with E-state index in [1.54, 1.807) is 0 Å². The van der Waals surface area contributed by atoms with Crippen molar-refractivity contribution in [1.82, 2.24) is 0 Å². The van der Waals surface area contributed by atoms with Crippen LogP contribution in [0.15, 0.2) is 0 Å². The van der Waals surface area contributed by atoms with Crippen LogP contribution in [0.3, 0.4) is 0 Å². The van der Waals surface area contributed by atoms with Gasteiger partial charge in [-0.1, -0.05) is 0 Å². The molecule has 0 aliphatic heterocycles. The summed E-state index contributed by atoms with van der Waals surface area (Å²) < 4.78 is 0.756. The summed E-state index contributed by atoms with van der Waals surface area (Å²) in [6.07, 6.45) is 3.42. The van der Waals surface area contributed by atoms with E-state index in [0.717, 1.165) is 23.2 Å². The average molecular weight is 252 g/mol. The summed E-state index contributed by atoms with van der Waals surface area (Å²) in [6.45, 7) is 0. The molecular weight excluding hydrogens is 240 g/mol. The molecule has 0 saturated heterocycles. The van der Waals surface area contributed by atoms with Gasteiger partial charge in [-0.25, -0.2) is 0 Å². The molecule has 3 atom stereocenters. The third-order valence-corrected chi connectivity index (χ3v) is 4.48. The molecule has 0 spiro atoms. The molecule has 2 N–H and O–H groups in total. The maximum absolute atomic E-state index is 5.94. The molecule has 2 radical (unpaired) electrons. The average Bonchev–Trinajstić information content (AvgIpc) is 1.80. The van der Waals surface area contributed by atoms with E-state index in [1.165, 1.54) is 22.5 Å². The molecule has 3 unspecified atom stereocenters. The first-order valence-electron chi connectivity index (χ1n) is 3.35. The Morgan fingerprint density at radius 3 is 2.56 bits per heavy atom. The summed E-state index contributed by atoms with van der Waals surface area (Å²) in [7, 11) is 0. The Kier molecular flexibility index (Phi) is 3.12. The second kappa shape index (κ2) is 3.44. The number of nitrogens with two attached hydrogens (primary N) is 1. The van der Waals surface area contributed by atoms with E-state index in [9.17, 15) is 0 Å². The maximum atomic E-state index is 5.94. The Morgan fingerprint density at radius 2 is 2.11 bits per heavy atom. The van der Waals surface area contributed by atoms with Crippen molar-refractivity contribution < 1.29 is 0 Å². The van der Waals surface area contributed by atoms with E-state index in [-0.39, 0.29) is 0 Å². The van der Waals surface area contributed by atoms with Gasteiger partial charge in [-0.2, -0.15) is 0 Å². The van der Waals surface area contributed by atoms with Crippen molar-refractivity contribution in [2.75, 3.05) is 0 Å². The first-order chi connectivity index (χ1) is 4.20. The molecule has 1 nitrogen and oxygen atoms in total. The van der Waals surface area contributed by atoms with Crippen molar-refractivity contribution in [2.45, 2.75) is 34.6 Å². The van der Waals surface area contributed by atoms with Crippen molar-refractivity contribution in [2.24, 2.45) is 5.73 Å². The van der Waals surface area contributed by atoms with Crippen LogP contribution in [0.4, 0.5) is 0 Å². The zero-order valence-electron chi connectivity index (χ0n) is 5.39. The summed E-state index contributed by atoms with van der Waals surface area (Å²) in [5, 5.41) is 0.421. The second-order valence-corrected chi connectivity index (χ2v) is 5.80. The molecule has 0 aromatic rings. The van der Waals surface area contributed by atoms with Crippen LogP contribution in [0.5, 0.6) is 0 Å². The second-order valence-electron chi connectivity index (χ2n) is 2.74. The number of rotatable bonds is 0. The molecule has 0 bridgehead atoms. The summed E-state index contributed by atoms with van der Waals surface area (Å²) in [5.74, 6) is 0. The summed E-state index contributed by atoms with van der Waals surface area (Å²) in [5.41, 5.74) is 5.81. The van der Waals surface area contributed by atoms with Crippen LogP contribution in [0, 0.1) is 0 Å². The van der Waals surface area contributed by atoms with Crippen molar-refractivity contribution >= 4 is 34.1 Å². The van der Waals surface area contributed by atoms with Gasteiger partial charge < -0.3 is 0 Å². The van der Waals surface area contributed by atoms with E-state index in [0.29, 0.717) is 11.4 Å². The van der Waals surface area contributed by atoms with E-state index in [4.69, 9.17) is 17.3 Å². The van der Waals surface area contributed by atoms with Crippen LogP contribution in [0.1, 0.15) is 19.3 Å². The molecule has 3 heteroatoms. The van der Waals surface area contributed by atoms with Crippen molar-refractivity contribution in [1.29, 1.82) is 0 Å². The Bertz CT molecular complexity index is 99.1. The van der Waals surface area contributed by atoms with Crippen LogP contribution >= 0.6 is 11.6 Å². The molecule has 1 saturated carbocycles. The molecule has 0 aromatic carbocycles. The molecule has 1 aliphatic carbocycles.